The van der Waals surface area contributed by atoms with E-state index in [9.17, 15) is 0 Å². The van der Waals surface area contributed by atoms with Gasteiger partial charge in [-0.1, -0.05) is 52.0 Å². The fraction of sp³-hybridized carbons (Fsp3) is 0.611. The van der Waals surface area contributed by atoms with Crippen LogP contribution < -0.4 is 5.73 Å². The van der Waals surface area contributed by atoms with E-state index in [2.05, 4.69) is 24.5 Å². The molecule has 1 aromatic heterocycles. The summed E-state index contributed by atoms with van der Waals surface area (Å²) in [6.45, 7) is 5.56. The number of imidazole rings is 1. The Hall–Kier alpha value is -1.51. The highest BCUT2D eigenvalue weighted by molar-refractivity contribution is 5.87. The van der Waals surface area contributed by atoms with E-state index in [1.807, 2.05) is 12.1 Å². The summed E-state index contributed by atoms with van der Waals surface area (Å²) in [4.78, 5) is 4.80. The van der Waals surface area contributed by atoms with Crippen LogP contribution in [0.25, 0.3) is 11.0 Å². The van der Waals surface area contributed by atoms with Crippen molar-refractivity contribution in [2.24, 2.45) is 0 Å². The number of rotatable bonds is 9. The number of aryl methyl sites for hydroxylation is 2. The predicted octanol–water partition coefficient (Wildman–Crippen LogP) is 4.93. The monoisotopic (exact) mass is 287 g/mol. The first-order valence-corrected chi connectivity index (χ1v) is 8.51. The van der Waals surface area contributed by atoms with Gasteiger partial charge in [0.25, 0.3) is 0 Å². The minimum Gasteiger partial charge on any atom is -0.397 e. The molecule has 0 saturated heterocycles. The zero-order valence-corrected chi connectivity index (χ0v) is 13.6. The van der Waals surface area contributed by atoms with Crippen LogP contribution in [0.4, 0.5) is 5.69 Å². The molecule has 2 N–H and O–H groups in total. The van der Waals surface area contributed by atoms with E-state index < -0.39 is 0 Å². The lowest BCUT2D eigenvalue weighted by Gasteiger charge is -2.09. The van der Waals surface area contributed by atoms with Crippen molar-refractivity contribution in [3.8, 4) is 0 Å². The van der Waals surface area contributed by atoms with E-state index in [1.54, 1.807) is 0 Å². The number of hydrogen-bond acceptors (Lipinski definition) is 2. The van der Waals surface area contributed by atoms with Gasteiger partial charge in [0.2, 0.25) is 0 Å². The Morgan fingerprint density at radius 1 is 1.00 bits per heavy atom. The van der Waals surface area contributed by atoms with Gasteiger partial charge in [-0.2, -0.15) is 0 Å². The normalized spacial score (nSPS) is 11.3. The Kier molecular flexibility index (Phi) is 6.09. The first-order chi connectivity index (χ1) is 10.3. The average molecular weight is 287 g/mol. The molecule has 2 aromatic rings. The molecule has 0 aliphatic rings. The second-order valence-corrected chi connectivity index (χ2v) is 5.91. The van der Waals surface area contributed by atoms with Crippen LogP contribution in [0.15, 0.2) is 18.2 Å². The number of para-hydroxylation sites is 1. The van der Waals surface area contributed by atoms with Crippen molar-refractivity contribution in [3.05, 3.63) is 24.0 Å². The Morgan fingerprint density at radius 2 is 1.76 bits per heavy atom. The zero-order valence-electron chi connectivity index (χ0n) is 13.6. The average Bonchev–Trinajstić information content (AvgIpc) is 2.84. The van der Waals surface area contributed by atoms with Crippen LogP contribution in [0, 0.1) is 0 Å². The Balaban J connectivity index is 2.15. The SMILES string of the molecule is CCCCCCCn1c(CCCC)nc2c(N)cccc21. The van der Waals surface area contributed by atoms with Gasteiger partial charge in [0.15, 0.2) is 0 Å². The van der Waals surface area contributed by atoms with Crippen LogP contribution >= 0.6 is 0 Å². The van der Waals surface area contributed by atoms with E-state index >= 15 is 0 Å². The molecule has 116 valence electrons. The summed E-state index contributed by atoms with van der Waals surface area (Å²) in [5.41, 5.74) is 9.08. The van der Waals surface area contributed by atoms with E-state index in [0.29, 0.717) is 0 Å². The highest BCUT2D eigenvalue weighted by Crippen LogP contribution is 2.23. The number of unbranched alkanes of at least 4 members (excludes halogenated alkanes) is 5. The number of fused-ring (bicyclic) bond motifs is 1. The molecular weight excluding hydrogens is 258 g/mol. The third-order valence-electron chi connectivity index (χ3n) is 4.13. The Bertz CT molecular complexity index is 557. The third kappa shape index (κ3) is 3.99. The molecule has 0 atom stereocenters. The topological polar surface area (TPSA) is 43.8 Å². The summed E-state index contributed by atoms with van der Waals surface area (Å²) in [5.74, 6) is 1.21. The summed E-state index contributed by atoms with van der Waals surface area (Å²) in [5, 5.41) is 0. The van der Waals surface area contributed by atoms with Crippen molar-refractivity contribution >= 4 is 16.7 Å². The molecule has 0 radical (unpaired) electrons. The van der Waals surface area contributed by atoms with Crippen LogP contribution in [-0.4, -0.2) is 9.55 Å². The molecule has 21 heavy (non-hydrogen) atoms. The fourth-order valence-corrected chi connectivity index (χ4v) is 2.87. The van der Waals surface area contributed by atoms with Crippen LogP contribution in [0.5, 0.6) is 0 Å². The summed E-state index contributed by atoms with van der Waals surface area (Å²) in [6, 6.07) is 6.14. The van der Waals surface area contributed by atoms with Crippen molar-refractivity contribution in [1.29, 1.82) is 0 Å². The lowest BCUT2D eigenvalue weighted by molar-refractivity contribution is 0.557. The first-order valence-electron chi connectivity index (χ1n) is 8.51. The largest absolute Gasteiger partial charge is 0.397 e. The second kappa shape index (κ2) is 8.06. The Morgan fingerprint density at radius 3 is 2.52 bits per heavy atom. The summed E-state index contributed by atoms with van der Waals surface area (Å²) >= 11 is 0. The fourth-order valence-electron chi connectivity index (χ4n) is 2.87. The van der Waals surface area contributed by atoms with Gasteiger partial charge < -0.3 is 10.3 Å². The van der Waals surface area contributed by atoms with E-state index in [4.69, 9.17) is 10.7 Å². The quantitative estimate of drug-likeness (QED) is 0.525. The molecule has 0 unspecified atom stereocenters. The van der Waals surface area contributed by atoms with Gasteiger partial charge in [-0.15, -0.1) is 0 Å². The van der Waals surface area contributed by atoms with Gasteiger partial charge in [0, 0.05) is 13.0 Å². The van der Waals surface area contributed by atoms with Crippen LogP contribution in [0.3, 0.4) is 0 Å². The van der Waals surface area contributed by atoms with Crippen LogP contribution in [0.1, 0.15) is 64.6 Å². The van der Waals surface area contributed by atoms with Gasteiger partial charge in [0.1, 0.15) is 11.3 Å². The lowest BCUT2D eigenvalue weighted by Crippen LogP contribution is -2.04. The van der Waals surface area contributed by atoms with Crippen molar-refractivity contribution in [1.82, 2.24) is 9.55 Å². The van der Waals surface area contributed by atoms with E-state index in [-0.39, 0.29) is 0 Å². The molecule has 0 aliphatic heterocycles. The van der Waals surface area contributed by atoms with Gasteiger partial charge in [0.05, 0.1) is 11.2 Å². The second-order valence-electron chi connectivity index (χ2n) is 5.91. The molecule has 0 saturated carbocycles. The maximum Gasteiger partial charge on any atom is 0.112 e. The smallest absolute Gasteiger partial charge is 0.112 e. The molecule has 3 nitrogen and oxygen atoms in total. The zero-order chi connectivity index (χ0) is 15.1. The number of hydrogen-bond donors (Lipinski definition) is 1. The first kappa shape index (κ1) is 15.9. The van der Waals surface area contributed by atoms with Crippen LogP contribution in [0.2, 0.25) is 0 Å². The van der Waals surface area contributed by atoms with Gasteiger partial charge in [-0.05, 0) is 25.0 Å². The number of nitrogens with zero attached hydrogens (tertiary/aromatic N) is 2. The molecule has 0 bridgehead atoms. The van der Waals surface area contributed by atoms with Crippen molar-refractivity contribution in [2.45, 2.75) is 71.8 Å². The third-order valence-corrected chi connectivity index (χ3v) is 4.13. The minimum absolute atomic E-state index is 0.801. The van der Waals surface area contributed by atoms with Crippen molar-refractivity contribution in [3.63, 3.8) is 0 Å². The number of aromatic nitrogens is 2. The highest BCUT2D eigenvalue weighted by Gasteiger charge is 2.11. The van der Waals surface area contributed by atoms with E-state index in [0.717, 1.165) is 24.2 Å². The maximum atomic E-state index is 6.09. The molecule has 1 heterocycles. The molecule has 0 spiro atoms. The van der Waals surface area contributed by atoms with Gasteiger partial charge in [-0.3, -0.25) is 0 Å². The number of anilines is 1. The lowest BCUT2D eigenvalue weighted by atomic mass is 10.1. The molecule has 0 aliphatic carbocycles. The minimum atomic E-state index is 0.801. The molecule has 0 amide bonds. The predicted molar refractivity (Wildman–Crippen MR) is 91.5 cm³/mol. The summed E-state index contributed by atoms with van der Waals surface area (Å²) < 4.78 is 2.40. The van der Waals surface area contributed by atoms with Crippen molar-refractivity contribution in [2.75, 3.05) is 5.73 Å². The molecule has 0 fully saturated rings. The Labute approximate surface area is 128 Å². The standard InChI is InChI=1S/C18H29N3/c1-3-5-7-8-9-14-21-16-12-10-11-15(19)18(16)20-17(21)13-6-4-2/h10-12H,3-9,13-14,19H2,1-2H3. The summed E-state index contributed by atoms with van der Waals surface area (Å²) in [7, 11) is 0. The molecule has 2 rings (SSSR count). The van der Waals surface area contributed by atoms with Gasteiger partial charge in [-0.25, -0.2) is 4.98 Å². The van der Waals surface area contributed by atoms with Crippen LogP contribution in [-0.2, 0) is 13.0 Å². The maximum absolute atomic E-state index is 6.09. The molecule has 3 heteroatoms. The highest BCUT2D eigenvalue weighted by atomic mass is 15.1. The molecule has 1 aromatic carbocycles. The number of benzene rings is 1. The molecular formula is C18H29N3. The number of nitrogen functional groups attached to an aromatic ring is 1. The summed E-state index contributed by atoms with van der Waals surface area (Å²) in [6.07, 6.45) is 9.98. The van der Waals surface area contributed by atoms with E-state index in [1.165, 1.54) is 56.3 Å². The van der Waals surface area contributed by atoms with Crippen molar-refractivity contribution < 1.29 is 0 Å². The van der Waals surface area contributed by atoms with Gasteiger partial charge >= 0.3 is 0 Å². The number of nitrogens with two attached hydrogens (primary N) is 1.